The van der Waals surface area contributed by atoms with Crippen LogP contribution in [-0.2, 0) is 20.0 Å². The van der Waals surface area contributed by atoms with Gasteiger partial charge in [-0.05, 0) is 66.0 Å². The van der Waals surface area contributed by atoms with Crippen LogP contribution in [0.15, 0.2) is 51.4 Å². The Balaban J connectivity index is 1.65. The average molecular weight is 589 g/mol. The fourth-order valence-corrected chi connectivity index (χ4v) is 10.0. The first-order valence-corrected chi connectivity index (χ1v) is 16.5. The Morgan fingerprint density at radius 3 is 1.55 bits per heavy atom. The first kappa shape index (κ1) is 28.9. The highest BCUT2D eigenvalue weighted by atomic mass is 32.2. The van der Waals surface area contributed by atoms with Gasteiger partial charge in [0.05, 0.1) is 15.5 Å². The second-order valence-electron chi connectivity index (χ2n) is 11.9. The molecule has 0 amide bonds. The third-order valence-electron chi connectivity index (χ3n) is 8.18. The number of piperidine rings is 2. The maximum Gasteiger partial charge on any atom is 0.243 e. The molecule has 3 aromatic rings. The summed E-state index contributed by atoms with van der Waals surface area (Å²) in [6.07, 6.45) is 1.91. The highest BCUT2D eigenvalue weighted by molar-refractivity contribution is 7.89. The van der Waals surface area contributed by atoms with Crippen molar-refractivity contribution in [1.29, 1.82) is 0 Å². The minimum absolute atomic E-state index is 0.0226. The second kappa shape index (κ2) is 10.6. The average Bonchev–Trinajstić information content (AvgIpc) is 2.89. The molecule has 2 fully saturated rings. The minimum atomic E-state index is -3.84. The Hall–Kier alpha value is -2.64. The molecule has 216 valence electrons. The van der Waals surface area contributed by atoms with E-state index in [9.17, 15) is 26.9 Å². The molecular formula is C28H36N4O6S2. The Morgan fingerprint density at radius 2 is 1.12 bits per heavy atom. The number of fused-ring (bicyclic) bond motifs is 2. The maximum atomic E-state index is 13.6. The van der Waals surface area contributed by atoms with Crippen LogP contribution in [0.1, 0.15) is 40.5 Å². The number of anilines is 1. The summed E-state index contributed by atoms with van der Waals surface area (Å²) < 4.78 is 57.3. The first-order valence-electron chi connectivity index (χ1n) is 13.6. The lowest BCUT2D eigenvalue weighted by Gasteiger charge is -2.34. The van der Waals surface area contributed by atoms with Gasteiger partial charge in [-0.2, -0.15) is 8.61 Å². The highest BCUT2D eigenvalue weighted by Crippen LogP contribution is 2.43. The monoisotopic (exact) mass is 588 g/mol. The third-order valence-corrected chi connectivity index (χ3v) is 11.8. The van der Waals surface area contributed by atoms with Crippen LogP contribution in [0.5, 0.6) is 0 Å². The van der Waals surface area contributed by atoms with Crippen LogP contribution >= 0.6 is 0 Å². The molecule has 2 saturated heterocycles. The van der Waals surface area contributed by atoms with Gasteiger partial charge >= 0.3 is 0 Å². The molecule has 0 bridgehead atoms. The van der Waals surface area contributed by atoms with E-state index in [-0.39, 0.29) is 55.6 Å². The summed E-state index contributed by atoms with van der Waals surface area (Å²) in [4.78, 5) is 12.2. The number of hydrogen-bond acceptors (Lipinski definition) is 8. The van der Waals surface area contributed by atoms with Crippen LogP contribution in [0.2, 0.25) is 0 Å². The van der Waals surface area contributed by atoms with Crippen LogP contribution in [-0.4, -0.2) is 56.8 Å². The Bertz CT molecular complexity index is 1670. The Labute approximate surface area is 235 Å². The maximum absolute atomic E-state index is 13.6. The van der Waals surface area contributed by atoms with E-state index in [1.54, 1.807) is 0 Å². The van der Waals surface area contributed by atoms with Gasteiger partial charge in [0.15, 0.2) is 0 Å². The van der Waals surface area contributed by atoms with E-state index >= 15 is 0 Å². The Kier molecular flexibility index (Phi) is 7.68. The molecule has 2 N–H and O–H groups in total. The second-order valence-corrected chi connectivity index (χ2v) is 15.8. The van der Waals surface area contributed by atoms with Crippen molar-refractivity contribution in [3.63, 3.8) is 0 Å². The van der Waals surface area contributed by atoms with E-state index in [4.69, 9.17) is 0 Å². The van der Waals surface area contributed by atoms with E-state index in [1.165, 1.54) is 45.0 Å². The van der Waals surface area contributed by atoms with Crippen LogP contribution in [0.4, 0.5) is 11.4 Å². The molecule has 0 radical (unpaired) electrons. The Morgan fingerprint density at radius 1 is 0.700 bits per heavy atom. The molecule has 2 aliphatic rings. The molecule has 5 rings (SSSR count). The van der Waals surface area contributed by atoms with Gasteiger partial charge in [-0.25, -0.2) is 16.8 Å². The number of nitroso groups, excluding NO2 is 1. The summed E-state index contributed by atoms with van der Waals surface area (Å²) >= 11 is 0. The summed E-state index contributed by atoms with van der Waals surface area (Å²) in [6.45, 7) is 9.77. The van der Waals surface area contributed by atoms with Crippen LogP contribution in [0.3, 0.4) is 0 Å². The summed E-state index contributed by atoms with van der Waals surface area (Å²) in [7, 11) is -7.68. The molecule has 2 aliphatic heterocycles. The van der Waals surface area contributed by atoms with E-state index in [0.29, 0.717) is 37.0 Å². The van der Waals surface area contributed by atoms with Gasteiger partial charge in [-0.3, -0.25) is 10.7 Å². The summed E-state index contributed by atoms with van der Waals surface area (Å²) in [5.74, 6) is 0.903. The van der Waals surface area contributed by atoms with Crippen molar-refractivity contribution >= 4 is 53.0 Å². The quantitative estimate of drug-likeness (QED) is 0.220. The molecule has 40 heavy (non-hydrogen) atoms. The van der Waals surface area contributed by atoms with Crippen LogP contribution < -0.4 is 5.48 Å². The number of hydrogen-bond donors (Lipinski definition) is 2. The molecule has 3 aromatic carbocycles. The number of nitrogens with one attached hydrogen (secondary N) is 1. The van der Waals surface area contributed by atoms with Gasteiger partial charge in [-0.1, -0.05) is 39.8 Å². The van der Waals surface area contributed by atoms with Crippen molar-refractivity contribution in [2.45, 2.75) is 50.3 Å². The zero-order valence-electron chi connectivity index (χ0n) is 23.2. The zero-order chi connectivity index (χ0) is 29.0. The fraction of sp³-hybridized carbons (Fsp3) is 0.500. The van der Waals surface area contributed by atoms with E-state index in [1.807, 2.05) is 27.7 Å². The molecule has 4 atom stereocenters. The van der Waals surface area contributed by atoms with Gasteiger partial charge in [0.1, 0.15) is 5.69 Å². The van der Waals surface area contributed by atoms with Gasteiger partial charge in [0.2, 0.25) is 20.0 Å². The van der Waals surface area contributed by atoms with E-state index < -0.39 is 20.0 Å². The molecule has 2 heterocycles. The highest BCUT2D eigenvalue weighted by Gasteiger charge is 2.34. The van der Waals surface area contributed by atoms with Crippen LogP contribution in [0.25, 0.3) is 21.5 Å². The smallest absolute Gasteiger partial charge is 0.243 e. The van der Waals surface area contributed by atoms with Gasteiger partial charge < -0.3 is 0 Å². The lowest BCUT2D eigenvalue weighted by molar-refractivity contribution is 0.222. The largest absolute Gasteiger partial charge is 0.291 e. The van der Waals surface area contributed by atoms with Crippen molar-refractivity contribution in [1.82, 2.24) is 8.61 Å². The molecule has 10 nitrogen and oxygen atoms in total. The molecule has 0 aromatic heterocycles. The van der Waals surface area contributed by atoms with E-state index in [2.05, 4.69) is 10.7 Å². The number of benzene rings is 3. The minimum Gasteiger partial charge on any atom is -0.291 e. The normalized spacial score (nSPS) is 25.3. The first-order chi connectivity index (χ1) is 18.9. The van der Waals surface area contributed by atoms with Crippen molar-refractivity contribution in [2.75, 3.05) is 31.7 Å². The van der Waals surface area contributed by atoms with E-state index in [0.717, 1.165) is 12.8 Å². The standard InChI is InChI=1S/C28H36N4O6S2/c1-17-9-18(2)14-31(13-17)39(35,36)21-5-7-23-25(11-21)27(29-33)24-8-6-22(12-26(24)28(23)30-34)40(37,38)32-15-19(3)10-20(4)16-32/h5-8,11-12,17-20,29,33H,9-10,13-16H2,1-4H3. The molecule has 0 spiro atoms. The van der Waals surface area contributed by atoms with Crippen molar-refractivity contribution in [3.05, 3.63) is 41.3 Å². The van der Waals surface area contributed by atoms with Crippen LogP contribution in [0, 0.1) is 28.6 Å². The summed E-state index contributed by atoms with van der Waals surface area (Å²) in [6, 6.07) is 8.72. The third kappa shape index (κ3) is 5.00. The molecule has 12 heteroatoms. The van der Waals surface area contributed by atoms with Crippen molar-refractivity contribution < 1.29 is 22.0 Å². The topological polar surface area (TPSA) is 136 Å². The summed E-state index contributed by atoms with van der Waals surface area (Å²) in [5, 5.41) is 14.6. The van der Waals surface area contributed by atoms with Gasteiger partial charge in [0, 0.05) is 47.7 Å². The fourth-order valence-electron chi connectivity index (χ4n) is 6.61. The molecule has 4 unspecified atom stereocenters. The lowest BCUT2D eigenvalue weighted by atomic mass is 9.93. The van der Waals surface area contributed by atoms with Crippen molar-refractivity contribution in [2.24, 2.45) is 28.8 Å². The lowest BCUT2D eigenvalue weighted by Crippen LogP contribution is -2.42. The number of rotatable bonds is 6. The van der Waals surface area contributed by atoms with Gasteiger partial charge in [0.25, 0.3) is 0 Å². The zero-order valence-corrected chi connectivity index (χ0v) is 24.8. The van der Waals surface area contributed by atoms with Crippen molar-refractivity contribution in [3.8, 4) is 0 Å². The predicted molar refractivity (Wildman–Crippen MR) is 156 cm³/mol. The molecular weight excluding hydrogens is 552 g/mol. The van der Waals surface area contributed by atoms with Gasteiger partial charge in [-0.15, -0.1) is 4.91 Å². The molecule has 0 saturated carbocycles. The predicted octanol–water partition coefficient (Wildman–Crippen LogP) is 5.53. The summed E-state index contributed by atoms with van der Waals surface area (Å²) in [5.41, 5.74) is 2.30. The number of sulfonamides is 2. The molecule has 0 aliphatic carbocycles. The number of nitrogens with zero attached hydrogens (tertiary/aromatic N) is 3. The SMILES string of the molecule is CC1CC(C)CN(S(=O)(=O)c2ccc3c(NO)c4cc(S(=O)(=O)N5CC(C)CC(C)C5)ccc4c(N=O)c3c2)C1.